The van der Waals surface area contributed by atoms with Crippen molar-refractivity contribution in [3.63, 3.8) is 0 Å². The maximum Gasteiger partial charge on any atom is 0.224 e. The molecule has 1 fully saturated rings. The van der Waals surface area contributed by atoms with Crippen molar-refractivity contribution in [1.29, 1.82) is 0 Å². The minimum absolute atomic E-state index is 0.0628. The molecule has 25 heavy (non-hydrogen) atoms. The molecule has 0 bridgehead atoms. The number of nitrogens with two attached hydrogens (primary N) is 1. The third kappa shape index (κ3) is 2.96. The summed E-state index contributed by atoms with van der Waals surface area (Å²) in [5.41, 5.74) is 8.03. The second-order valence-electron chi connectivity index (χ2n) is 5.90. The van der Waals surface area contributed by atoms with Crippen LogP contribution in [0, 0.1) is 0 Å². The first-order chi connectivity index (χ1) is 12.3. The number of nitrogens with one attached hydrogen (secondary N) is 1. The number of rotatable bonds is 4. The molecule has 8 nitrogen and oxygen atoms in total. The van der Waals surface area contributed by atoms with Crippen molar-refractivity contribution in [2.24, 2.45) is 0 Å². The highest BCUT2D eigenvalue weighted by molar-refractivity contribution is 5.87. The Labute approximate surface area is 145 Å². The van der Waals surface area contributed by atoms with Gasteiger partial charge in [-0.1, -0.05) is 12.1 Å². The van der Waals surface area contributed by atoms with Crippen LogP contribution in [0.5, 0.6) is 5.75 Å². The minimum Gasteiger partial charge on any atom is -0.495 e. The van der Waals surface area contributed by atoms with E-state index in [4.69, 9.17) is 15.2 Å². The first-order valence-electron chi connectivity index (χ1n) is 8.28. The lowest BCUT2D eigenvalue weighted by molar-refractivity contribution is -0.0298. The molecule has 1 aliphatic rings. The molecule has 0 saturated carbocycles. The Morgan fingerprint density at radius 3 is 2.96 bits per heavy atom. The number of anilines is 3. The summed E-state index contributed by atoms with van der Waals surface area (Å²) in [5, 5.41) is 3.25. The normalized spacial score (nSPS) is 17.6. The smallest absolute Gasteiger partial charge is 0.224 e. The van der Waals surface area contributed by atoms with Gasteiger partial charge in [-0.25, -0.2) is 4.98 Å². The van der Waals surface area contributed by atoms with Gasteiger partial charge in [-0.2, -0.15) is 9.97 Å². The molecule has 0 spiro atoms. The van der Waals surface area contributed by atoms with Crippen LogP contribution in [0.4, 0.5) is 17.5 Å². The number of imidazole rings is 1. The van der Waals surface area contributed by atoms with Gasteiger partial charge in [0.05, 0.1) is 19.1 Å². The molecule has 2 aromatic heterocycles. The molecule has 1 unspecified atom stereocenters. The second-order valence-corrected chi connectivity index (χ2v) is 5.90. The largest absolute Gasteiger partial charge is 0.495 e. The molecule has 3 heterocycles. The van der Waals surface area contributed by atoms with E-state index in [2.05, 4.69) is 20.3 Å². The highest BCUT2D eigenvalue weighted by Gasteiger charge is 2.21. The molecule has 1 atom stereocenters. The quantitative estimate of drug-likeness (QED) is 0.753. The SMILES string of the molecule is COc1ccccc1Nc1nc(N)nc2c1ncn2C1CCCCO1. The highest BCUT2D eigenvalue weighted by Crippen LogP contribution is 2.31. The summed E-state index contributed by atoms with van der Waals surface area (Å²) in [6.45, 7) is 0.747. The average Bonchev–Trinajstić information content (AvgIpc) is 3.07. The van der Waals surface area contributed by atoms with E-state index in [1.807, 2.05) is 28.8 Å². The van der Waals surface area contributed by atoms with E-state index >= 15 is 0 Å². The lowest BCUT2D eigenvalue weighted by Crippen LogP contribution is -2.18. The van der Waals surface area contributed by atoms with Gasteiger partial charge in [0.25, 0.3) is 0 Å². The zero-order valence-corrected chi connectivity index (χ0v) is 14.0. The van der Waals surface area contributed by atoms with Crippen LogP contribution in [-0.2, 0) is 4.74 Å². The van der Waals surface area contributed by atoms with Crippen molar-refractivity contribution >= 4 is 28.6 Å². The fourth-order valence-electron chi connectivity index (χ4n) is 3.05. The van der Waals surface area contributed by atoms with Gasteiger partial charge in [0.1, 0.15) is 12.0 Å². The summed E-state index contributed by atoms with van der Waals surface area (Å²) in [4.78, 5) is 13.2. The highest BCUT2D eigenvalue weighted by atomic mass is 16.5. The molecular weight excluding hydrogens is 320 g/mol. The lowest BCUT2D eigenvalue weighted by atomic mass is 10.2. The van der Waals surface area contributed by atoms with Crippen LogP contribution in [0.25, 0.3) is 11.2 Å². The number of hydrogen-bond acceptors (Lipinski definition) is 7. The van der Waals surface area contributed by atoms with Crippen LogP contribution >= 0.6 is 0 Å². The van der Waals surface area contributed by atoms with Gasteiger partial charge in [0, 0.05) is 6.61 Å². The van der Waals surface area contributed by atoms with Gasteiger partial charge < -0.3 is 20.5 Å². The molecule has 3 N–H and O–H groups in total. The monoisotopic (exact) mass is 340 g/mol. The number of methoxy groups -OCH3 is 1. The molecule has 130 valence electrons. The summed E-state index contributed by atoms with van der Waals surface area (Å²) in [7, 11) is 1.62. The van der Waals surface area contributed by atoms with Crippen molar-refractivity contribution in [2.45, 2.75) is 25.5 Å². The average molecular weight is 340 g/mol. The van der Waals surface area contributed by atoms with Gasteiger partial charge in [0.15, 0.2) is 17.0 Å². The first-order valence-corrected chi connectivity index (χ1v) is 8.28. The summed E-state index contributed by atoms with van der Waals surface area (Å²) in [5.74, 6) is 1.44. The third-order valence-electron chi connectivity index (χ3n) is 4.26. The summed E-state index contributed by atoms with van der Waals surface area (Å²) >= 11 is 0. The summed E-state index contributed by atoms with van der Waals surface area (Å²) < 4.78 is 13.2. The molecule has 8 heteroatoms. The van der Waals surface area contributed by atoms with Crippen LogP contribution in [0.1, 0.15) is 25.5 Å². The van der Waals surface area contributed by atoms with Gasteiger partial charge in [-0.05, 0) is 31.4 Å². The minimum atomic E-state index is -0.0628. The number of hydrogen-bond donors (Lipinski definition) is 2. The number of nitrogens with zero attached hydrogens (tertiary/aromatic N) is 4. The Morgan fingerprint density at radius 2 is 2.16 bits per heavy atom. The zero-order chi connectivity index (χ0) is 17.2. The fraction of sp³-hybridized carbons (Fsp3) is 0.353. The van der Waals surface area contributed by atoms with Crippen LogP contribution < -0.4 is 15.8 Å². The number of nitrogen functional groups attached to an aromatic ring is 1. The predicted octanol–water partition coefficient (Wildman–Crippen LogP) is 2.86. The molecule has 0 amide bonds. The van der Waals surface area contributed by atoms with E-state index < -0.39 is 0 Å². The molecule has 3 aromatic rings. The van der Waals surface area contributed by atoms with Crippen molar-refractivity contribution in [3.05, 3.63) is 30.6 Å². The van der Waals surface area contributed by atoms with Gasteiger partial charge in [0.2, 0.25) is 5.95 Å². The molecule has 1 saturated heterocycles. The Balaban J connectivity index is 1.75. The zero-order valence-electron chi connectivity index (χ0n) is 14.0. The van der Waals surface area contributed by atoms with E-state index in [0.29, 0.717) is 22.7 Å². The molecule has 0 radical (unpaired) electrons. The lowest BCUT2D eigenvalue weighted by Gasteiger charge is -2.23. The standard InChI is InChI=1S/C17H20N6O2/c1-24-12-7-3-2-6-11(12)20-15-14-16(22-17(18)21-15)23(10-19-14)13-8-4-5-9-25-13/h2-3,6-7,10,13H,4-5,8-9H2,1H3,(H3,18,20,21,22). The Morgan fingerprint density at radius 1 is 1.28 bits per heavy atom. The number of fused-ring (bicyclic) bond motifs is 1. The number of ether oxygens (including phenoxy) is 2. The van der Waals surface area contributed by atoms with Crippen molar-refractivity contribution in [1.82, 2.24) is 19.5 Å². The maximum absolute atomic E-state index is 5.93. The Bertz CT molecular complexity index is 888. The van der Waals surface area contributed by atoms with Crippen molar-refractivity contribution in [3.8, 4) is 5.75 Å². The van der Waals surface area contributed by atoms with Crippen molar-refractivity contribution in [2.75, 3.05) is 24.8 Å². The number of para-hydroxylation sites is 2. The molecule has 1 aromatic carbocycles. The van der Waals surface area contributed by atoms with E-state index in [1.165, 1.54) is 0 Å². The summed E-state index contributed by atoms with van der Waals surface area (Å²) in [6, 6.07) is 7.60. The Kier molecular flexibility index (Phi) is 4.10. The summed E-state index contributed by atoms with van der Waals surface area (Å²) in [6.07, 6.45) is 4.82. The second kappa shape index (κ2) is 6.56. The predicted molar refractivity (Wildman–Crippen MR) is 94.9 cm³/mol. The van der Waals surface area contributed by atoms with Crippen molar-refractivity contribution < 1.29 is 9.47 Å². The van der Waals surface area contributed by atoms with Crippen LogP contribution in [0.2, 0.25) is 0 Å². The van der Waals surface area contributed by atoms with Crippen LogP contribution in [-0.4, -0.2) is 33.2 Å². The maximum atomic E-state index is 5.93. The Hall–Kier alpha value is -2.87. The van der Waals surface area contributed by atoms with E-state index in [9.17, 15) is 0 Å². The van der Waals surface area contributed by atoms with Gasteiger partial charge in [-0.3, -0.25) is 4.57 Å². The third-order valence-corrected chi connectivity index (χ3v) is 4.26. The first kappa shape index (κ1) is 15.6. The molecule has 0 aliphatic carbocycles. The molecular formula is C17H20N6O2. The van der Waals surface area contributed by atoms with E-state index in [0.717, 1.165) is 31.6 Å². The van der Waals surface area contributed by atoms with Gasteiger partial charge >= 0.3 is 0 Å². The van der Waals surface area contributed by atoms with E-state index in [-0.39, 0.29) is 12.2 Å². The molecule has 1 aliphatic heterocycles. The van der Waals surface area contributed by atoms with Crippen LogP contribution in [0.15, 0.2) is 30.6 Å². The fourth-order valence-corrected chi connectivity index (χ4v) is 3.05. The van der Waals surface area contributed by atoms with Gasteiger partial charge in [-0.15, -0.1) is 0 Å². The van der Waals surface area contributed by atoms with Crippen LogP contribution in [0.3, 0.4) is 0 Å². The number of aromatic nitrogens is 4. The van der Waals surface area contributed by atoms with E-state index in [1.54, 1.807) is 13.4 Å². The topological polar surface area (TPSA) is 100 Å². The number of benzene rings is 1. The molecule has 4 rings (SSSR count).